The third-order valence-electron chi connectivity index (χ3n) is 3.49. The lowest BCUT2D eigenvalue weighted by Crippen LogP contribution is -2.35. The van der Waals surface area contributed by atoms with Crippen molar-refractivity contribution in [1.29, 1.82) is 0 Å². The van der Waals surface area contributed by atoms with Crippen molar-refractivity contribution in [1.82, 2.24) is 4.90 Å². The van der Waals surface area contributed by atoms with Gasteiger partial charge in [0.1, 0.15) is 0 Å². The SMILES string of the molecule is CCOC(=O)CCN1Cc2ccccc2C(CCl)C1.Cl. The summed E-state index contributed by atoms with van der Waals surface area (Å²) in [5, 5.41) is 0. The number of halogens is 2. The van der Waals surface area contributed by atoms with Crippen molar-refractivity contribution >= 4 is 30.0 Å². The van der Waals surface area contributed by atoms with Crippen molar-refractivity contribution < 1.29 is 9.53 Å². The summed E-state index contributed by atoms with van der Waals surface area (Å²) in [5.41, 5.74) is 2.67. The average molecular weight is 318 g/mol. The van der Waals surface area contributed by atoms with Crippen molar-refractivity contribution in [3.05, 3.63) is 35.4 Å². The number of carbonyl (C=O) groups is 1. The van der Waals surface area contributed by atoms with E-state index in [1.807, 2.05) is 6.92 Å². The van der Waals surface area contributed by atoms with E-state index in [1.54, 1.807) is 0 Å². The first kappa shape index (κ1) is 17.3. The number of hydrogen-bond acceptors (Lipinski definition) is 3. The molecular formula is C15H21Cl2NO2. The van der Waals surface area contributed by atoms with Crippen LogP contribution in [0.3, 0.4) is 0 Å². The molecular weight excluding hydrogens is 297 g/mol. The lowest BCUT2D eigenvalue weighted by Gasteiger charge is -2.33. The highest BCUT2D eigenvalue weighted by atomic mass is 35.5. The molecule has 0 saturated carbocycles. The summed E-state index contributed by atoms with van der Waals surface area (Å²) in [7, 11) is 0. The van der Waals surface area contributed by atoms with Crippen molar-refractivity contribution in [2.75, 3.05) is 25.6 Å². The standard InChI is InChI=1S/C15H20ClNO2.ClH/c1-2-19-15(18)7-8-17-10-12-5-3-4-6-14(12)13(9-16)11-17;/h3-6,13H,2,7-11H2,1H3;1H. The molecule has 0 aromatic heterocycles. The molecule has 5 heteroatoms. The molecule has 1 aliphatic heterocycles. The Hall–Kier alpha value is -0.770. The summed E-state index contributed by atoms with van der Waals surface area (Å²) in [5.74, 6) is 0.852. The first-order valence-corrected chi connectivity index (χ1v) is 7.29. The van der Waals surface area contributed by atoms with Gasteiger partial charge in [-0.25, -0.2) is 0 Å². The fourth-order valence-corrected chi connectivity index (χ4v) is 2.84. The van der Waals surface area contributed by atoms with Crippen molar-refractivity contribution in [2.24, 2.45) is 0 Å². The zero-order valence-electron chi connectivity index (χ0n) is 11.7. The zero-order valence-corrected chi connectivity index (χ0v) is 13.3. The molecule has 3 nitrogen and oxygen atoms in total. The number of benzene rings is 1. The second-order valence-electron chi connectivity index (χ2n) is 4.84. The van der Waals surface area contributed by atoms with Crippen LogP contribution in [0.5, 0.6) is 0 Å². The van der Waals surface area contributed by atoms with E-state index in [0.29, 0.717) is 24.8 Å². The van der Waals surface area contributed by atoms with Gasteiger partial charge in [-0.2, -0.15) is 0 Å². The average Bonchev–Trinajstić information content (AvgIpc) is 2.44. The van der Waals surface area contributed by atoms with Gasteiger partial charge in [0.05, 0.1) is 13.0 Å². The van der Waals surface area contributed by atoms with Crippen molar-refractivity contribution in [3.63, 3.8) is 0 Å². The molecule has 1 aliphatic rings. The van der Waals surface area contributed by atoms with Crippen LogP contribution < -0.4 is 0 Å². The minimum Gasteiger partial charge on any atom is -0.466 e. The van der Waals surface area contributed by atoms with Crippen molar-refractivity contribution in [3.8, 4) is 0 Å². The second-order valence-corrected chi connectivity index (χ2v) is 5.15. The van der Waals surface area contributed by atoms with Gasteiger partial charge < -0.3 is 4.74 Å². The Labute approximate surface area is 131 Å². The van der Waals surface area contributed by atoms with Crippen LogP contribution in [0.15, 0.2) is 24.3 Å². The summed E-state index contributed by atoms with van der Waals surface area (Å²) in [4.78, 5) is 13.7. The molecule has 0 bridgehead atoms. The minimum absolute atomic E-state index is 0. The Morgan fingerprint density at radius 3 is 2.90 bits per heavy atom. The number of esters is 1. The molecule has 0 aliphatic carbocycles. The van der Waals surface area contributed by atoms with Crippen molar-refractivity contribution in [2.45, 2.75) is 25.8 Å². The van der Waals surface area contributed by atoms with E-state index in [4.69, 9.17) is 16.3 Å². The van der Waals surface area contributed by atoms with Crippen LogP contribution in [0.4, 0.5) is 0 Å². The molecule has 0 radical (unpaired) electrons. The maximum absolute atomic E-state index is 11.4. The van der Waals surface area contributed by atoms with Crippen LogP contribution in [0.1, 0.15) is 30.4 Å². The molecule has 2 rings (SSSR count). The van der Waals surface area contributed by atoms with Gasteiger partial charge in [-0.15, -0.1) is 24.0 Å². The fraction of sp³-hybridized carbons (Fsp3) is 0.533. The predicted octanol–water partition coefficient (Wildman–Crippen LogP) is 3.20. The van der Waals surface area contributed by atoms with Gasteiger partial charge >= 0.3 is 5.97 Å². The summed E-state index contributed by atoms with van der Waals surface area (Å²) in [6.45, 7) is 4.83. The first-order valence-electron chi connectivity index (χ1n) is 6.76. The molecule has 0 saturated heterocycles. The Kier molecular flexibility index (Phi) is 7.35. The summed E-state index contributed by atoms with van der Waals surface area (Å²) in [6.07, 6.45) is 0.449. The third kappa shape index (κ3) is 4.37. The minimum atomic E-state index is -0.121. The molecule has 1 heterocycles. The summed E-state index contributed by atoms with van der Waals surface area (Å²) >= 11 is 6.07. The molecule has 0 amide bonds. The lowest BCUT2D eigenvalue weighted by atomic mass is 9.91. The Balaban J connectivity index is 0.00000200. The van der Waals surface area contributed by atoms with Gasteiger partial charge in [-0.1, -0.05) is 24.3 Å². The zero-order chi connectivity index (χ0) is 13.7. The number of ether oxygens (including phenoxy) is 1. The molecule has 1 aromatic carbocycles. The normalized spacial score (nSPS) is 18.0. The summed E-state index contributed by atoms with van der Waals surface area (Å²) < 4.78 is 4.96. The maximum atomic E-state index is 11.4. The molecule has 0 spiro atoms. The second kappa shape index (κ2) is 8.50. The van der Waals surface area contributed by atoms with Gasteiger partial charge in [0.15, 0.2) is 0 Å². The molecule has 112 valence electrons. The maximum Gasteiger partial charge on any atom is 0.307 e. The molecule has 20 heavy (non-hydrogen) atoms. The van der Waals surface area contributed by atoms with E-state index >= 15 is 0 Å². The fourth-order valence-electron chi connectivity index (χ4n) is 2.58. The highest BCUT2D eigenvalue weighted by Gasteiger charge is 2.24. The van der Waals surface area contributed by atoms with Gasteiger partial charge in [0, 0.05) is 31.4 Å². The molecule has 1 aromatic rings. The lowest BCUT2D eigenvalue weighted by molar-refractivity contribution is -0.143. The summed E-state index contributed by atoms with van der Waals surface area (Å²) in [6, 6.07) is 8.42. The number of alkyl halides is 1. The van der Waals surface area contributed by atoms with Gasteiger partial charge in [0.2, 0.25) is 0 Å². The molecule has 0 N–H and O–H groups in total. The van der Waals surface area contributed by atoms with E-state index < -0.39 is 0 Å². The van der Waals surface area contributed by atoms with E-state index in [-0.39, 0.29) is 18.4 Å². The van der Waals surface area contributed by atoms with Gasteiger partial charge in [-0.3, -0.25) is 9.69 Å². The van der Waals surface area contributed by atoms with E-state index in [2.05, 4.69) is 29.2 Å². The first-order chi connectivity index (χ1) is 9.24. The highest BCUT2D eigenvalue weighted by molar-refractivity contribution is 6.18. The van der Waals surface area contributed by atoms with Crippen LogP contribution >= 0.6 is 24.0 Å². The largest absolute Gasteiger partial charge is 0.466 e. The molecule has 1 atom stereocenters. The number of nitrogens with zero attached hydrogens (tertiary/aromatic N) is 1. The molecule has 1 unspecified atom stereocenters. The third-order valence-corrected chi connectivity index (χ3v) is 3.86. The number of carbonyl (C=O) groups excluding carboxylic acids is 1. The highest BCUT2D eigenvalue weighted by Crippen LogP contribution is 2.29. The smallest absolute Gasteiger partial charge is 0.307 e. The van der Waals surface area contributed by atoms with Crippen LogP contribution in [0.25, 0.3) is 0 Å². The monoisotopic (exact) mass is 317 g/mol. The Bertz CT molecular complexity index is 440. The molecule has 0 fully saturated rings. The van der Waals surface area contributed by atoms with E-state index in [0.717, 1.165) is 19.6 Å². The number of rotatable bonds is 5. The van der Waals surface area contributed by atoms with E-state index in [1.165, 1.54) is 11.1 Å². The number of fused-ring (bicyclic) bond motifs is 1. The van der Waals surface area contributed by atoms with Crippen LogP contribution in [-0.2, 0) is 16.1 Å². The Morgan fingerprint density at radius 1 is 1.45 bits per heavy atom. The van der Waals surface area contributed by atoms with E-state index in [9.17, 15) is 4.79 Å². The topological polar surface area (TPSA) is 29.5 Å². The van der Waals surface area contributed by atoms with Gasteiger partial charge in [-0.05, 0) is 18.1 Å². The Morgan fingerprint density at radius 2 is 2.20 bits per heavy atom. The van der Waals surface area contributed by atoms with Crippen LogP contribution in [-0.4, -0.2) is 36.4 Å². The quantitative estimate of drug-likeness (QED) is 0.617. The van der Waals surface area contributed by atoms with Crippen LogP contribution in [0.2, 0.25) is 0 Å². The number of hydrogen-bond donors (Lipinski definition) is 0. The van der Waals surface area contributed by atoms with Crippen LogP contribution in [0, 0.1) is 0 Å². The predicted molar refractivity (Wildman–Crippen MR) is 83.7 cm³/mol. The van der Waals surface area contributed by atoms with Gasteiger partial charge in [0.25, 0.3) is 0 Å².